The van der Waals surface area contributed by atoms with E-state index in [0.717, 1.165) is 9.13 Å². The number of hydrogen-bond donors (Lipinski definition) is 1. The minimum atomic E-state index is -1.95. The molecular formula is C23H17ClINO3. The van der Waals surface area contributed by atoms with Gasteiger partial charge in [0.1, 0.15) is 0 Å². The maximum Gasteiger partial charge on any atom is 0.264 e. The van der Waals surface area contributed by atoms with Crippen molar-refractivity contribution in [2.45, 2.75) is 18.6 Å². The lowest BCUT2D eigenvalue weighted by Crippen LogP contribution is -2.41. The second-order valence-corrected chi connectivity index (χ2v) is 8.69. The number of hydrogen-bond acceptors (Lipinski definition) is 3. The molecule has 1 aliphatic rings. The molecule has 1 N–H and O–H groups in total. The molecule has 0 saturated heterocycles. The molecule has 0 aromatic heterocycles. The highest BCUT2D eigenvalue weighted by Gasteiger charge is 2.51. The van der Waals surface area contributed by atoms with Crippen LogP contribution in [-0.4, -0.2) is 16.8 Å². The van der Waals surface area contributed by atoms with E-state index in [2.05, 4.69) is 22.6 Å². The summed E-state index contributed by atoms with van der Waals surface area (Å²) in [5.41, 5.74) is 0.368. The van der Waals surface area contributed by atoms with Crippen molar-refractivity contribution < 1.29 is 14.7 Å². The lowest BCUT2D eigenvalue weighted by molar-refractivity contribution is -0.136. The van der Waals surface area contributed by atoms with Gasteiger partial charge in [0.2, 0.25) is 0 Å². The maximum absolute atomic E-state index is 13.3. The molecule has 3 aromatic carbocycles. The second kappa shape index (κ2) is 7.89. The van der Waals surface area contributed by atoms with E-state index in [9.17, 15) is 14.7 Å². The first-order valence-corrected chi connectivity index (χ1v) is 10.5. The fourth-order valence-corrected chi connectivity index (χ4v) is 4.12. The fraction of sp³-hybridized carbons (Fsp3) is 0.130. The zero-order valence-corrected chi connectivity index (χ0v) is 18.2. The van der Waals surface area contributed by atoms with Crippen LogP contribution in [0.15, 0.2) is 72.8 Å². The third-order valence-corrected chi connectivity index (χ3v) is 6.01. The summed E-state index contributed by atoms with van der Waals surface area (Å²) >= 11 is 8.31. The molecule has 1 atom stereocenters. The van der Waals surface area contributed by atoms with Crippen LogP contribution in [0.25, 0.3) is 0 Å². The molecule has 0 spiro atoms. The van der Waals surface area contributed by atoms with Crippen molar-refractivity contribution in [2.24, 2.45) is 0 Å². The number of rotatable bonds is 5. The van der Waals surface area contributed by atoms with Crippen molar-refractivity contribution in [1.82, 2.24) is 0 Å². The number of ketones is 1. The Morgan fingerprint density at radius 3 is 2.41 bits per heavy atom. The zero-order chi connectivity index (χ0) is 20.6. The average molecular weight is 518 g/mol. The highest BCUT2D eigenvalue weighted by molar-refractivity contribution is 14.1. The fourth-order valence-electron chi connectivity index (χ4n) is 3.59. The van der Waals surface area contributed by atoms with Crippen LogP contribution in [-0.2, 0) is 16.9 Å². The third-order valence-electron chi connectivity index (χ3n) is 5.06. The molecular weight excluding hydrogens is 501 g/mol. The Morgan fingerprint density at radius 2 is 1.72 bits per heavy atom. The molecule has 1 aliphatic heterocycles. The summed E-state index contributed by atoms with van der Waals surface area (Å²) in [6.07, 6.45) is -0.342. The molecule has 29 heavy (non-hydrogen) atoms. The van der Waals surface area contributed by atoms with Crippen LogP contribution in [0, 0.1) is 3.57 Å². The highest BCUT2D eigenvalue weighted by atomic mass is 127. The smallest absolute Gasteiger partial charge is 0.264 e. The van der Waals surface area contributed by atoms with E-state index in [0.29, 0.717) is 28.4 Å². The largest absolute Gasteiger partial charge is 0.375 e. The number of nitrogens with zero attached hydrogens (tertiary/aromatic N) is 1. The van der Waals surface area contributed by atoms with E-state index in [4.69, 9.17) is 11.6 Å². The molecule has 1 amide bonds. The Hall–Kier alpha value is -2.22. The van der Waals surface area contributed by atoms with Gasteiger partial charge in [0, 0.05) is 19.7 Å². The molecule has 6 heteroatoms. The Kier molecular flexibility index (Phi) is 5.46. The first kappa shape index (κ1) is 20.1. The van der Waals surface area contributed by atoms with Gasteiger partial charge in [0.25, 0.3) is 5.91 Å². The molecule has 0 unspecified atom stereocenters. The number of halogens is 2. The number of amides is 1. The number of anilines is 1. The van der Waals surface area contributed by atoms with Gasteiger partial charge in [-0.3, -0.25) is 9.59 Å². The van der Waals surface area contributed by atoms with Crippen molar-refractivity contribution in [1.29, 1.82) is 0 Å². The summed E-state index contributed by atoms with van der Waals surface area (Å²) in [6.45, 7) is 0.300. The van der Waals surface area contributed by atoms with Gasteiger partial charge >= 0.3 is 0 Å². The van der Waals surface area contributed by atoms with Crippen molar-refractivity contribution in [3.05, 3.63) is 98.1 Å². The number of carbonyl (C=O) groups is 2. The van der Waals surface area contributed by atoms with E-state index >= 15 is 0 Å². The Labute approximate surface area is 187 Å². The van der Waals surface area contributed by atoms with Gasteiger partial charge in [-0.25, -0.2) is 0 Å². The molecule has 1 heterocycles. The van der Waals surface area contributed by atoms with Crippen molar-refractivity contribution >= 4 is 51.6 Å². The summed E-state index contributed by atoms with van der Waals surface area (Å²) in [7, 11) is 0. The molecule has 4 nitrogen and oxygen atoms in total. The molecule has 3 aromatic rings. The zero-order valence-electron chi connectivity index (χ0n) is 15.3. The Balaban J connectivity index is 1.71. The van der Waals surface area contributed by atoms with Crippen LogP contribution < -0.4 is 4.90 Å². The van der Waals surface area contributed by atoms with Crippen molar-refractivity contribution in [3.8, 4) is 0 Å². The lowest BCUT2D eigenvalue weighted by Gasteiger charge is -2.23. The Morgan fingerprint density at radius 1 is 1.03 bits per heavy atom. The molecule has 0 saturated carbocycles. The molecule has 0 radical (unpaired) electrons. The first-order chi connectivity index (χ1) is 13.9. The Bertz CT molecular complexity index is 1090. The highest BCUT2D eigenvalue weighted by Crippen LogP contribution is 2.44. The van der Waals surface area contributed by atoms with Gasteiger partial charge in [-0.2, -0.15) is 0 Å². The molecule has 4 rings (SSSR count). The topological polar surface area (TPSA) is 57.6 Å². The van der Waals surface area contributed by atoms with Crippen LogP contribution >= 0.6 is 34.2 Å². The van der Waals surface area contributed by atoms with E-state index < -0.39 is 11.5 Å². The van der Waals surface area contributed by atoms with Crippen LogP contribution in [0.5, 0.6) is 0 Å². The number of fused-ring (bicyclic) bond motifs is 1. The van der Waals surface area contributed by atoms with E-state index in [-0.39, 0.29) is 12.2 Å². The van der Waals surface area contributed by atoms with E-state index in [1.165, 1.54) is 4.90 Å². The number of benzene rings is 3. The lowest BCUT2D eigenvalue weighted by atomic mass is 9.88. The summed E-state index contributed by atoms with van der Waals surface area (Å²) < 4.78 is 1.00. The normalized spacial score (nSPS) is 18.0. The summed E-state index contributed by atoms with van der Waals surface area (Å²) in [6, 6.07) is 21.5. The molecule has 0 aliphatic carbocycles. The molecule has 0 bridgehead atoms. The van der Waals surface area contributed by atoms with Crippen LogP contribution in [0.1, 0.15) is 27.9 Å². The number of aliphatic hydroxyl groups is 1. The van der Waals surface area contributed by atoms with Gasteiger partial charge < -0.3 is 10.0 Å². The predicted molar refractivity (Wildman–Crippen MR) is 121 cm³/mol. The predicted octanol–water partition coefficient (Wildman–Crippen LogP) is 4.95. The second-order valence-electron chi connectivity index (χ2n) is 7.01. The van der Waals surface area contributed by atoms with Crippen LogP contribution in [0.2, 0.25) is 5.02 Å². The van der Waals surface area contributed by atoms with Crippen LogP contribution in [0.4, 0.5) is 5.69 Å². The monoisotopic (exact) mass is 517 g/mol. The maximum atomic E-state index is 13.3. The van der Waals surface area contributed by atoms with E-state index in [1.807, 2.05) is 42.5 Å². The minimum Gasteiger partial charge on any atom is -0.375 e. The first-order valence-electron chi connectivity index (χ1n) is 9.05. The van der Waals surface area contributed by atoms with Crippen molar-refractivity contribution in [2.75, 3.05) is 4.90 Å². The average Bonchev–Trinajstić information content (AvgIpc) is 2.91. The van der Waals surface area contributed by atoms with Crippen molar-refractivity contribution in [3.63, 3.8) is 0 Å². The summed E-state index contributed by atoms with van der Waals surface area (Å²) in [4.78, 5) is 27.7. The molecule has 0 fully saturated rings. The third kappa shape index (κ3) is 3.82. The van der Waals surface area contributed by atoms with Gasteiger partial charge in [0.15, 0.2) is 11.4 Å². The van der Waals surface area contributed by atoms with E-state index in [1.54, 1.807) is 30.3 Å². The number of carbonyl (C=O) groups excluding carboxylic acids is 2. The molecule has 146 valence electrons. The SMILES string of the molecule is O=C(C[C@]1(O)C(=O)N(Cc2ccccc2)c2ccc(Cl)cc21)c1ccc(I)cc1. The minimum absolute atomic E-state index is 0.300. The standard InChI is InChI=1S/C23H17ClINO3/c24-17-8-11-20-19(12-17)23(29,13-21(27)16-6-9-18(25)10-7-16)22(28)26(20)14-15-4-2-1-3-5-15/h1-12,29H,13-14H2/t23-/m1/s1. The quantitative estimate of drug-likeness (QED) is 0.385. The van der Waals surface area contributed by atoms with Gasteiger partial charge in [-0.1, -0.05) is 54.1 Å². The van der Waals surface area contributed by atoms with Gasteiger partial charge in [-0.15, -0.1) is 0 Å². The number of Topliss-reactive ketones (excluding diaryl/α,β-unsaturated/α-hetero) is 1. The van der Waals surface area contributed by atoms with Gasteiger partial charge in [-0.05, 0) is 58.5 Å². The summed E-state index contributed by atoms with van der Waals surface area (Å²) in [5, 5.41) is 11.8. The van der Waals surface area contributed by atoms with Gasteiger partial charge in [0.05, 0.1) is 18.7 Å². The summed E-state index contributed by atoms with van der Waals surface area (Å²) in [5.74, 6) is -0.817. The van der Waals surface area contributed by atoms with Crippen LogP contribution in [0.3, 0.4) is 0 Å².